The van der Waals surface area contributed by atoms with Gasteiger partial charge in [-0.05, 0) is 13.3 Å². The molecule has 0 aliphatic heterocycles. The molecule has 2 aromatic heterocycles. The molecule has 0 aliphatic rings. The van der Waals surface area contributed by atoms with Gasteiger partial charge in [-0.3, -0.25) is 0 Å². The van der Waals surface area contributed by atoms with E-state index in [1.165, 1.54) is 6.33 Å². The number of aromatic nitrogens is 3. The van der Waals surface area contributed by atoms with Crippen LogP contribution in [0.1, 0.15) is 24.1 Å². The highest BCUT2D eigenvalue weighted by Crippen LogP contribution is 2.19. The number of aryl methyl sites for hydroxylation is 1. The van der Waals surface area contributed by atoms with E-state index in [0.29, 0.717) is 18.3 Å². The Hall–Kier alpha value is -2.15. The third-order valence-corrected chi connectivity index (χ3v) is 2.51. The highest BCUT2D eigenvalue weighted by molar-refractivity contribution is 5.56. The summed E-state index contributed by atoms with van der Waals surface area (Å²) in [4.78, 5) is 12.4. The summed E-state index contributed by atoms with van der Waals surface area (Å²) in [5.74, 6) is 8.17. The van der Waals surface area contributed by atoms with Crippen LogP contribution in [0, 0.1) is 6.92 Å². The fraction of sp³-hybridized carbons (Fsp3) is 0.364. The summed E-state index contributed by atoms with van der Waals surface area (Å²) in [6.45, 7) is 4.34. The molecule has 0 atom stereocenters. The van der Waals surface area contributed by atoms with E-state index >= 15 is 0 Å². The van der Waals surface area contributed by atoms with Crippen LogP contribution in [0.15, 0.2) is 16.9 Å². The van der Waals surface area contributed by atoms with Crippen molar-refractivity contribution < 1.29 is 4.42 Å². The summed E-state index contributed by atoms with van der Waals surface area (Å²) in [5.41, 5.74) is 3.49. The lowest BCUT2D eigenvalue weighted by atomic mass is 10.2. The number of anilines is 2. The summed E-state index contributed by atoms with van der Waals surface area (Å²) in [6.07, 6.45) is 3.91. The van der Waals surface area contributed by atoms with Crippen molar-refractivity contribution in [3.8, 4) is 0 Å². The number of nitrogens with one attached hydrogen (secondary N) is 2. The molecule has 2 rings (SSSR count). The second-order valence-electron chi connectivity index (χ2n) is 3.77. The van der Waals surface area contributed by atoms with E-state index in [9.17, 15) is 0 Å². The molecule has 0 saturated carbocycles. The number of hydrazine groups is 1. The lowest BCUT2D eigenvalue weighted by Crippen LogP contribution is -2.14. The van der Waals surface area contributed by atoms with Gasteiger partial charge >= 0.3 is 0 Å². The first-order valence-corrected chi connectivity index (χ1v) is 5.70. The molecular weight excluding hydrogens is 232 g/mol. The van der Waals surface area contributed by atoms with Crippen LogP contribution in [0.25, 0.3) is 0 Å². The van der Waals surface area contributed by atoms with Crippen molar-refractivity contribution in [2.75, 3.05) is 10.7 Å². The van der Waals surface area contributed by atoms with E-state index in [1.807, 2.05) is 13.8 Å². The third kappa shape index (κ3) is 2.57. The topological polar surface area (TPSA) is 102 Å². The molecule has 0 amide bonds. The summed E-state index contributed by atoms with van der Waals surface area (Å²) in [6, 6.07) is 0. The van der Waals surface area contributed by atoms with Gasteiger partial charge in [0.1, 0.15) is 23.7 Å². The van der Waals surface area contributed by atoms with Gasteiger partial charge in [0.05, 0.1) is 12.7 Å². The largest absolute Gasteiger partial charge is 0.444 e. The average Bonchev–Trinajstić information content (AvgIpc) is 2.81. The molecule has 4 N–H and O–H groups in total. The SMILES string of the molecule is CCc1c(NN)ncnc1NCc1ncc(C)o1. The van der Waals surface area contributed by atoms with E-state index in [-0.39, 0.29) is 0 Å². The molecule has 0 aromatic carbocycles. The number of nitrogens with two attached hydrogens (primary N) is 1. The maximum atomic E-state index is 5.41. The standard InChI is InChI=1S/C11H16N6O/c1-3-8-10(15-6-16-11(8)17-12)14-5-9-13-4-7(2)18-9/h4,6H,3,5,12H2,1-2H3,(H2,14,15,16,17). The molecule has 0 aliphatic carbocycles. The van der Waals surface area contributed by atoms with Crippen molar-refractivity contribution in [3.63, 3.8) is 0 Å². The normalized spacial score (nSPS) is 10.4. The van der Waals surface area contributed by atoms with Gasteiger partial charge < -0.3 is 15.2 Å². The second-order valence-corrected chi connectivity index (χ2v) is 3.77. The Bertz CT molecular complexity index is 524. The first kappa shape index (κ1) is 12.3. The molecular formula is C11H16N6O. The molecule has 2 heterocycles. The van der Waals surface area contributed by atoms with Crippen LogP contribution in [-0.2, 0) is 13.0 Å². The van der Waals surface area contributed by atoms with Crippen molar-refractivity contribution in [3.05, 3.63) is 29.7 Å². The van der Waals surface area contributed by atoms with Gasteiger partial charge in [0.2, 0.25) is 5.89 Å². The average molecular weight is 248 g/mol. The quantitative estimate of drug-likeness (QED) is 0.540. The predicted molar refractivity (Wildman–Crippen MR) is 67.8 cm³/mol. The zero-order valence-corrected chi connectivity index (χ0v) is 10.4. The van der Waals surface area contributed by atoms with Crippen molar-refractivity contribution >= 4 is 11.6 Å². The summed E-state index contributed by atoms with van der Waals surface area (Å²) in [5, 5.41) is 3.17. The maximum Gasteiger partial charge on any atom is 0.213 e. The third-order valence-electron chi connectivity index (χ3n) is 2.51. The van der Waals surface area contributed by atoms with Gasteiger partial charge in [-0.2, -0.15) is 0 Å². The van der Waals surface area contributed by atoms with Crippen molar-refractivity contribution in [1.29, 1.82) is 0 Å². The number of hydrogen-bond acceptors (Lipinski definition) is 7. The molecule has 96 valence electrons. The minimum absolute atomic E-state index is 0.474. The van der Waals surface area contributed by atoms with Gasteiger partial charge in [-0.1, -0.05) is 6.92 Å². The zero-order valence-electron chi connectivity index (χ0n) is 10.4. The van der Waals surface area contributed by atoms with Crippen LogP contribution in [0.5, 0.6) is 0 Å². The Kier molecular flexibility index (Phi) is 3.73. The van der Waals surface area contributed by atoms with E-state index in [4.69, 9.17) is 10.3 Å². The minimum atomic E-state index is 0.474. The lowest BCUT2D eigenvalue weighted by Gasteiger charge is -2.11. The fourth-order valence-electron chi connectivity index (χ4n) is 1.67. The van der Waals surface area contributed by atoms with Crippen LogP contribution < -0.4 is 16.6 Å². The Morgan fingerprint density at radius 3 is 2.67 bits per heavy atom. The molecule has 2 aromatic rings. The monoisotopic (exact) mass is 248 g/mol. The lowest BCUT2D eigenvalue weighted by molar-refractivity contribution is 0.478. The van der Waals surface area contributed by atoms with Gasteiger partial charge in [0, 0.05) is 5.56 Å². The summed E-state index contributed by atoms with van der Waals surface area (Å²) in [7, 11) is 0. The van der Waals surface area contributed by atoms with Crippen LogP contribution in [-0.4, -0.2) is 15.0 Å². The molecule has 7 heteroatoms. The fourth-order valence-corrected chi connectivity index (χ4v) is 1.67. The molecule has 0 saturated heterocycles. The molecule has 0 radical (unpaired) electrons. The van der Waals surface area contributed by atoms with Gasteiger partial charge in [-0.25, -0.2) is 20.8 Å². The van der Waals surface area contributed by atoms with E-state index in [0.717, 1.165) is 23.6 Å². The molecule has 18 heavy (non-hydrogen) atoms. The Morgan fingerprint density at radius 2 is 2.06 bits per heavy atom. The van der Waals surface area contributed by atoms with Crippen LogP contribution in [0.4, 0.5) is 11.6 Å². The highest BCUT2D eigenvalue weighted by Gasteiger charge is 2.09. The summed E-state index contributed by atoms with van der Waals surface area (Å²) >= 11 is 0. The second kappa shape index (κ2) is 5.46. The van der Waals surface area contributed by atoms with Gasteiger partial charge in [-0.15, -0.1) is 0 Å². The number of oxazole rings is 1. The smallest absolute Gasteiger partial charge is 0.213 e. The minimum Gasteiger partial charge on any atom is -0.444 e. The molecule has 7 nitrogen and oxygen atoms in total. The van der Waals surface area contributed by atoms with Gasteiger partial charge in [0.25, 0.3) is 0 Å². The molecule has 0 bridgehead atoms. The molecule has 0 spiro atoms. The zero-order chi connectivity index (χ0) is 13.0. The molecule has 0 fully saturated rings. The van der Waals surface area contributed by atoms with Crippen LogP contribution >= 0.6 is 0 Å². The van der Waals surface area contributed by atoms with Crippen LogP contribution in [0.2, 0.25) is 0 Å². The maximum absolute atomic E-state index is 5.41. The van der Waals surface area contributed by atoms with E-state index < -0.39 is 0 Å². The Labute approximate surface area is 105 Å². The van der Waals surface area contributed by atoms with Crippen molar-refractivity contribution in [2.45, 2.75) is 26.8 Å². The van der Waals surface area contributed by atoms with E-state index in [1.54, 1.807) is 6.20 Å². The summed E-state index contributed by atoms with van der Waals surface area (Å²) < 4.78 is 5.38. The number of rotatable bonds is 5. The van der Waals surface area contributed by atoms with Crippen molar-refractivity contribution in [1.82, 2.24) is 15.0 Å². The Balaban J connectivity index is 2.13. The van der Waals surface area contributed by atoms with E-state index in [2.05, 4.69) is 25.7 Å². The van der Waals surface area contributed by atoms with Crippen molar-refractivity contribution in [2.24, 2.45) is 5.84 Å². The van der Waals surface area contributed by atoms with Crippen LogP contribution in [0.3, 0.4) is 0 Å². The molecule has 0 unspecified atom stereocenters. The number of nitrogens with zero attached hydrogens (tertiary/aromatic N) is 3. The van der Waals surface area contributed by atoms with Gasteiger partial charge in [0.15, 0.2) is 0 Å². The highest BCUT2D eigenvalue weighted by atomic mass is 16.4. The number of hydrogen-bond donors (Lipinski definition) is 3. The number of nitrogen functional groups attached to an aromatic ring is 1. The predicted octanol–water partition coefficient (Wildman–Crippen LogP) is 1.23. The first-order valence-electron chi connectivity index (χ1n) is 5.70. The Morgan fingerprint density at radius 1 is 1.28 bits per heavy atom. The first-order chi connectivity index (χ1) is 8.74.